The molecule has 0 aromatic carbocycles. The van der Waals surface area contributed by atoms with Crippen molar-refractivity contribution in [3.63, 3.8) is 0 Å². The number of carbonyl (C=O) groups excluding carboxylic acids is 2. The number of amides is 2. The van der Waals surface area contributed by atoms with Gasteiger partial charge >= 0.3 is 30.0 Å². The average Bonchev–Trinajstić information content (AvgIpc) is 2.97. The van der Waals surface area contributed by atoms with E-state index in [1.165, 1.54) is 45.4 Å². The zero-order valence-electron chi connectivity index (χ0n) is 21.6. The second-order valence-corrected chi connectivity index (χ2v) is 6.99. The van der Waals surface area contributed by atoms with Gasteiger partial charge < -0.3 is 42.8 Å². The van der Waals surface area contributed by atoms with E-state index in [1.54, 1.807) is 36.7 Å². The molecule has 4 rings (SSSR count). The number of halogens is 2. The summed E-state index contributed by atoms with van der Waals surface area (Å²) in [6.07, 6.45) is 6.20. The second kappa shape index (κ2) is 16.8. The Kier molecular flexibility index (Phi) is 13.9. The van der Waals surface area contributed by atoms with E-state index in [4.69, 9.17) is 42.0 Å². The van der Waals surface area contributed by atoms with Crippen LogP contribution in [0.15, 0.2) is 49.1 Å². The van der Waals surface area contributed by atoms with Crippen LogP contribution in [0.3, 0.4) is 0 Å². The van der Waals surface area contributed by atoms with E-state index in [0.29, 0.717) is 11.1 Å². The van der Waals surface area contributed by atoms with E-state index >= 15 is 0 Å². The van der Waals surface area contributed by atoms with Gasteiger partial charge in [-0.1, -0.05) is 0 Å². The van der Waals surface area contributed by atoms with E-state index in [1.807, 2.05) is 0 Å². The van der Waals surface area contributed by atoms with Crippen LogP contribution < -0.4 is 47.4 Å². The van der Waals surface area contributed by atoms with Gasteiger partial charge in [0.1, 0.15) is 0 Å². The quantitative estimate of drug-likeness (QED) is 0.204. The predicted octanol–water partition coefficient (Wildman–Crippen LogP) is -3.01. The standard InChI is InChI=1S/C11H11N5O3.C6H6N2O.C5H6ClN3O2.ClH/c1-18-10-13-9(14-11(15-10)19-2)16-5-3-4-7(6-16)8(12)17;7-6(9)5-2-1-3-8-4-5;1-10-4-7-3(6)8-5(9-4)11-2;/h3-6H,1-2H3,(H-,12,17);1-4H,(H2,7,9);1-2H3;1H. The molecule has 0 aliphatic carbocycles. The Morgan fingerprint density at radius 3 is 1.62 bits per heavy atom. The topological polar surface area (TPSA) is 217 Å². The maximum atomic E-state index is 11.1. The molecule has 4 heterocycles. The van der Waals surface area contributed by atoms with Crippen molar-refractivity contribution in [2.45, 2.75) is 0 Å². The van der Waals surface area contributed by atoms with Crippen LogP contribution in [0.5, 0.6) is 24.0 Å². The number of carbonyl (C=O) groups is 2. The van der Waals surface area contributed by atoms with Crippen molar-refractivity contribution >= 4 is 23.4 Å². The fourth-order valence-corrected chi connectivity index (χ4v) is 2.52. The van der Waals surface area contributed by atoms with Crippen molar-refractivity contribution in [2.75, 3.05) is 28.4 Å². The number of primary amides is 2. The smallest absolute Gasteiger partial charge is 0.447 e. The molecule has 4 aromatic rings. The summed E-state index contributed by atoms with van der Waals surface area (Å²) < 4.78 is 20.8. The molecule has 0 spiro atoms. The molecule has 0 bridgehead atoms. The van der Waals surface area contributed by atoms with Gasteiger partial charge in [0, 0.05) is 12.4 Å². The lowest BCUT2D eigenvalue weighted by molar-refractivity contribution is -0.604. The number of hydrogen-bond donors (Lipinski definition) is 2. The maximum absolute atomic E-state index is 11.1. The number of nitrogens with zero attached hydrogens (tertiary/aromatic N) is 8. The molecule has 4 N–H and O–H groups in total. The molecule has 2 amide bonds. The fraction of sp³-hybridized carbons (Fsp3) is 0.182. The lowest BCUT2D eigenvalue weighted by Gasteiger charge is -2.00. The Morgan fingerprint density at radius 1 is 0.750 bits per heavy atom. The highest BCUT2D eigenvalue weighted by Gasteiger charge is 2.19. The average molecular weight is 595 g/mol. The van der Waals surface area contributed by atoms with Gasteiger partial charge in [-0.15, -0.1) is 9.97 Å². The summed E-state index contributed by atoms with van der Waals surface area (Å²) in [4.78, 5) is 48.2. The molecule has 16 nitrogen and oxygen atoms in total. The van der Waals surface area contributed by atoms with Crippen LogP contribution in [0.1, 0.15) is 20.7 Å². The van der Waals surface area contributed by atoms with Gasteiger partial charge in [-0.2, -0.15) is 9.97 Å². The first kappa shape index (κ1) is 33.1. The van der Waals surface area contributed by atoms with E-state index in [2.05, 4.69) is 34.9 Å². The minimum atomic E-state index is -0.540. The number of pyridine rings is 2. The third-order valence-electron chi connectivity index (χ3n) is 4.14. The van der Waals surface area contributed by atoms with Crippen LogP contribution in [-0.2, 0) is 0 Å². The minimum Gasteiger partial charge on any atom is -1.00 e. The molecule has 0 aliphatic heterocycles. The Hall–Kier alpha value is -4.96. The first-order chi connectivity index (χ1) is 18.7. The summed E-state index contributed by atoms with van der Waals surface area (Å²) >= 11 is 5.49. The van der Waals surface area contributed by atoms with Crippen molar-refractivity contribution in [3.8, 4) is 30.0 Å². The van der Waals surface area contributed by atoms with Crippen molar-refractivity contribution in [1.82, 2.24) is 34.9 Å². The molecule has 0 saturated heterocycles. The Labute approximate surface area is 239 Å². The third-order valence-corrected chi connectivity index (χ3v) is 4.31. The summed E-state index contributed by atoms with van der Waals surface area (Å²) in [7, 11) is 5.74. The van der Waals surface area contributed by atoms with Crippen molar-refractivity contribution in [2.24, 2.45) is 11.5 Å². The number of nitrogens with two attached hydrogens (primary N) is 2. The first-order valence-corrected chi connectivity index (χ1v) is 10.9. The molecular formula is C22H24Cl2N10O6. The van der Waals surface area contributed by atoms with Crippen LogP contribution >= 0.6 is 11.6 Å². The molecular weight excluding hydrogens is 571 g/mol. The van der Waals surface area contributed by atoms with Gasteiger partial charge in [-0.25, -0.2) is 4.57 Å². The number of ether oxygens (including phenoxy) is 4. The molecule has 4 aromatic heterocycles. The van der Waals surface area contributed by atoms with Gasteiger partial charge in [0.25, 0.3) is 5.91 Å². The van der Waals surface area contributed by atoms with Crippen molar-refractivity contribution in [1.29, 1.82) is 0 Å². The molecule has 0 saturated carbocycles. The molecule has 40 heavy (non-hydrogen) atoms. The van der Waals surface area contributed by atoms with E-state index in [9.17, 15) is 9.59 Å². The highest BCUT2D eigenvalue weighted by atomic mass is 35.5. The van der Waals surface area contributed by atoms with Crippen LogP contribution in [0.25, 0.3) is 5.95 Å². The molecule has 18 heteroatoms. The van der Waals surface area contributed by atoms with Gasteiger partial charge in [-0.3, -0.25) is 14.6 Å². The normalized spacial score (nSPS) is 9.32. The lowest BCUT2D eigenvalue weighted by Crippen LogP contribution is -3.00. The van der Waals surface area contributed by atoms with Crippen molar-refractivity contribution in [3.05, 3.63) is 65.5 Å². The van der Waals surface area contributed by atoms with Gasteiger partial charge in [0.05, 0.1) is 52.0 Å². The van der Waals surface area contributed by atoms with Crippen LogP contribution in [0.4, 0.5) is 0 Å². The summed E-state index contributed by atoms with van der Waals surface area (Å²) in [6, 6.07) is 7.04. The number of aromatic nitrogens is 8. The molecule has 0 atom stereocenters. The summed E-state index contributed by atoms with van der Waals surface area (Å²) in [6.45, 7) is 0. The van der Waals surface area contributed by atoms with Crippen LogP contribution in [0.2, 0.25) is 5.28 Å². The largest absolute Gasteiger partial charge is 1.00 e. The zero-order chi connectivity index (χ0) is 28.8. The van der Waals surface area contributed by atoms with E-state index in [0.717, 1.165) is 0 Å². The lowest BCUT2D eigenvalue weighted by atomic mass is 10.3. The number of rotatable bonds is 7. The van der Waals surface area contributed by atoms with E-state index < -0.39 is 11.8 Å². The molecule has 0 radical (unpaired) electrons. The third kappa shape index (κ3) is 10.4. The second-order valence-electron chi connectivity index (χ2n) is 6.66. The monoisotopic (exact) mass is 594 g/mol. The summed E-state index contributed by atoms with van der Waals surface area (Å²) in [5.41, 5.74) is 10.9. The number of methoxy groups -OCH3 is 4. The minimum absolute atomic E-state index is 0. The Bertz CT molecular complexity index is 1360. The first-order valence-electron chi connectivity index (χ1n) is 10.6. The fourth-order valence-electron chi connectivity index (χ4n) is 2.38. The SMILES string of the molecule is COc1nc(Cl)nc(OC)n1.COc1nc(OC)nc(-[n+]2cccc(C(N)=O)c2)n1.NC(=O)c1cccnc1.[Cl-]. The Balaban J connectivity index is 0.000000324. The predicted molar refractivity (Wildman–Crippen MR) is 134 cm³/mol. The van der Waals surface area contributed by atoms with Crippen LogP contribution in [0, 0.1) is 0 Å². The van der Waals surface area contributed by atoms with Crippen LogP contribution in [-0.4, -0.2) is 75.1 Å². The highest BCUT2D eigenvalue weighted by Crippen LogP contribution is 2.11. The maximum Gasteiger partial charge on any atom is 0.447 e. The highest BCUT2D eigenvalue weighted by molar-refractivity contribution is 6.28. The molecule has 0 fully saturated rings. The number of hydrogen-bond acceptors (Lipinski definition) is 13. The molecule has 0 unspecified atom stereocenters. The van der Waals surface area contributed by atoms with Gasteiger partial charge in [0.2, 0.25) is 11.2 Å². The Morgan fingerprint density at radius 2 is 1.23 bits per heavy atom. The van der Waals surface area contributed by atoms with E-state index in [-0.39, 0.29) is 47.7 Å². The summed E-state index contributed by atoms with van der Waals surface area (Å²) in [5, 5.41) is 0.0497. The molecule has 0 aliphatic rings. The van der Waals surface area contributed by atoms with Gasteiger partial charge in [-0.05, 0) is 45.8 Å². The zero-order valence-corrected chi connectivity index (χ0v) is 23.1. The summed E-state index contributed by atoms with van der Waals surface area (Å²) in [5.74, 6) is -0.725. The van der Waals surface area contributed by atoms with Crippen molar-refractivity contribution < 1.29 is 45.5 Å². The molecule has 212 valence electrons. The van der Waals surface area contributed by atoms with Gasteiger partial charge in [0.15, 0.2) is 0 Å².